The minimum Gasteiger partial charge on any atom is -0.487 e. The van der Waals surface area contributed by atoms with Gasteiger partial charge in [-0.25, -0.2) is 0 Å². The fourth-order valence-electron chi connectivity index (χ4n) is 3.17. The summed E-state index contributed by atoms with van der Waals surface area (Å²) in [7, 11) is 0. The third-order valence-electron chi connectivity index (χ3n) is 4.05. The van der Waals surface area contributed by atoms with E-state index in [1.807, 2.05) is 6.92 Å². The third-order valence-corrected chi connectivity index (χ3v) is 4.96. The second kappa shape index (κ2) is 4.59. The monoisotopic (exact) mass is 269 g/mol. The first-order valence-corrected chi connectivity index (χ1v) is 7.29. The standard InChI is InChI=1S/C12H19N3O2S/c1-2-17-10-11(13)14-18-12(10)15-5-7-3-4-9(16)8(7)6-15/h7-9,16H,2-6H2,1H3,(H2,13,14). The number of hydrogen-bond acceptors (Lipinski definition) is 6. The van der Waals surface area contributed by atoms with Crippen molar-refractivity contribution >= 4 is 22.4 Å². The number of nitrogens with zero attached hydrogens (tertiary/aromatic N) is 2. The summed E-state index contributed by atoms with van der Waals surface area (Å²) in [6.07, 6.45) is 1.94. The van der Waals surface area contributed by atoms with Crippen molar-refractivity contribution in [1.82, 2.24) is 4.37 Å². The molecule has 3 N–H and O–H groups in total. The predicted molar refractivity (Wildman–Crippen MR) is 72.1 cm³/mol. The average molecular weight is 269 g/mol. The molecule has 5 nitrogen and oxygen atoms in total. The Morgan fingerprint density at radius 3 is 3.06 bits per heavy atom. The Hall–Kier alpha value is -1.01. The zero-order valence-electron chi connectivity index (χ0n) is 10.5. The minimum absolute atomic E-state index is 0.138. The molecule has 0 radical (unpaired) electrons. The van der Waals surface area contributed by atoms with Gasteiger partial charge in [0.1, 0.15) is 0 Å². The Kier molecular flexibility index (Phi) is 3.07. The molecule has 1 aliphatic heterocycles. The van der Waals surface area contributed by atoms with Crippen molar-refractivity contribution in [2.24, 2.45) is 11.8 Å². The van der Waals surface area contributed by atoms with Crippen LogP contribution < -0.4 is 15.4 Å². The highest BCUT2D eigenvalue weighted by atomic mass is 32.1. The summed E-state index contributed by atoms with van der Waals surface area (Å²) in [4.78, 5) is 2.27. The van der Waals surface area contributed by atoms with Gasteiger partial charge < -0.3 is 20.5 Å². The number of nitrogen functional groups attached to an aromatic ring is 1. The topological polar surface area (TPSA) is 71.6 Å². The molecule has 3 unspecified atom stereocenters. The maximum atomic E-state index is 9.95. The quantitative estimate of drug-likeness (QED) is 0.866. The van der Waals surface area contributed by atoms with Gasteiger partial charge in [-0.15, -0.1) is 0 Å². The molecule has 0 spiro atoms. The Morgan fingerprint density at radius 2 is 2.33 bits per heavy atom. The molecule has 2 fully saturated rings. The van der Waals surface area contributed by atoms with Crippen molar-refractivity contribution in [3.63, 3.8) is 0 Å². The molecule has 3 rings (SSSR count). The zero-order valence-corrected chi connectivity index (χ0v) is 11.3. The number of rotatable bonds is 3. The van der Waals surface area contributed by atoms with Gasteiger partial charge in [-0.1, -0.05) is 0 Å². The molecule has 3 atom stereocenters. The van der Waals surface area contributed by atoms with Crippen LogP contribution in [0.25, 0.3) is 0 Å². The first-order chi connectivity index (χ1) is 8.70. The molecule has 6 heteroatoms. The molecule has 18 heavy (non-hydrogen) atoms. The first kappa shape index (κ1) is 12.0. The average Bonchev–Trinajstić information content (AvgIpc) is 2.99. The van der Waals surface area contributed by atoms with E-state index < -0.39 is 0 Å². The Bertz CT molecular complexity index is 437. The number of ether oxygens (including phenoxy) is 1. The van der Waals surface area contributed by atoms with E-state index in [0.717, 1.165) is 36.7 Å². The second-order valence-corrected chi connectivity index (χ2v) is 5.86. The molecule has 2 aliphatic rings. The van der Waals surface area contributed by atoms with E-state index in [1.54, 1.807) is 0 Å². The van der Waals surface area contributed by atoms with Crippen LogP contribution in [0.15, 0.2) is 0 Å². The smallest absolute Gasteiger partial charge is 0.197 e. The van der Waals surface area contributed by atoms with Crippen molar-refractivity contribution < 1.29 is 9.84 Å². The van der Waals surface area contributed by atoms with Crippen molar-refractivity contribution in [3.05, 3.63) is 0 Å². The summed E-state index contributed by atoms with van der Waals surface area (Å²) in [5.74, 6) is 2.21. The van der Waals surface area contributed by atoms with E-state index >= 15 is 0 Å². The van der Waals surface area contributed by atoms with Crippen LogP contribution in [0.3, 0.4) is 0 Å². The van der Waals surface area contributed by atoms with E-state index in [9.17, 15) is 5.11 Å². The molecule has 1 aromatic heterocycles. The number of nitrogens with two attached hydrogens (primary N) is 1. The second-order valence-electron chi connectivity index (χ2n) is 5.11. The zero-order chi connectivity index (χ0) is 12.7. The molecule has 2 heterocycles. The number of hydrogen-bond donors (Lipinski definition) is 2. The van der Waals surface area contributed by atoms with Gasteiger partial charge in [0.2, 0.25) is 0 Å². The molecular weight excluding hydrogens is 250 g/mol. The first-order valence-electron chi connectivity index (χ1n) is 6.51. The van der Waals surface area contributed by atoms with E-state index in [0.29, 0.717) is 24.3 Å². The highest BCUT2D eigenvalue weighted by Crippen LogP contribution is 2.45. The molecule has 0 aromatic carbocycles. The van der Waals surface area contributed by atoms with Crippen LogP contribution in [-0.2, 0) is 0 Å². The lowest BCUT2D eigenvalue weighted by Crippen LogP contribution is -2.24. The van der Waals surface area contributed by atoms with Gasteiger partial charge in [-0.05, 0) is 37.2 Å². The summed E-state index contributed by atoms with van der Waals surface area (Å²) in [6, 6.07) is 0. The van der Waals surface area contributed by atoms with Crippen molar-refractivity contribution in [3.8, 4) is 5.75 Å². The predicted octanol–water partition coefficient (Wildman–Crippen LogP) is 1.33. The van der Waals surface area contributed by atoms with Crippen LogP contribution in [0.4, 0.5) is 10.8 Å². The summed E-state index contributed by atoms with van der Waals surface area (Å²) >= 11 is 1.40. The van der Waals surface area contributed by atoms with E-state index in [2.05, 4.69) is 9.27 Å². The van der Waals surface area contributed by atoms with Crippen molar-refractivity contribution in [1.29, 1.82) is 0 Å². The fourth-order valence-corrected chi connectivity index (χ4v) is 3.95. The van der Waals surface area contributed by atoms with E-state index in [4.69, 9.17) is 10.5 Å². The highest BCUT2D eigenvalue weighted by Gasteiger charge is 2.43. The maximum absolute atomic E-state index is 9.95. The van der Waals surface area contributed by atoms with Crippen LogP contribution in [-0.4, -0.2) is 35.3 Å². The van der Waals surface area contributed by atoms with Gasteiger partial charge in [-0.3, -0.25) is 0 Å². The lowest BCUT2D eigenvalue weighted by atomic mass is 10.00. The normalized spacial score (nSPS) is 30.8. The highest BCUT2D eigenvalue weighted by molar-refractivity contribution is 7.11. The number of fused-ring (bicyclic) bond motifs is 1. The molecule has 1 saturated carbocycles. The lowest BCUT2D eigenvalue weighted by Gasteiger charge is -2.19. The van der Waals surface area contributed by atoms with Gasteiger partial charge in [0.05, 0.1) is 12.7 Å². The minimum atomic E-state index is -0.138. The van der Waals surface area contributed by atoms with Gasteiger partial charge in [0, 0.05) is 19.0 Å². The number of aromatic nitrogens is 1. The van der Waals surface area contributed by atoms with Crippen LogP contribution in [0, 0.1) is 11.8 Å². The molecular formula is C12H19N3O2S. The molecule has 1 aromatic rings. The Morgan fingerprint density at radius 1 is 1.50 bits per heavy atom. The number of aliphatic hydroxyl groups excluding tert-OH is 1. The van der Waals surface area contributed by atoms with Gasteiger partial charge in [-0.2, -0.15) is 4.37 Å². The van der Waals surface area contributed by atoms with Crippen LogP contribution >= 0.6 is 11.5 Å². The van der Waals surface area contributed by atoms with Crippen molar-refractivity contribution in [2.45, 2.75) is 25.9 Å². The van der Waals surface area contributed by atoms with Crippen molar-refractivity contribution in [2.75, 3.05) is 30.3 Å². The van der Waals surface area contributed by atoms with Crippen LogP contribution in [0.2, 0.25) is 0 Å². The third kappa shape index (κ3) is 1.83. The van der Waals surface area contributed by atoms with Crippen LogP contribution in [0.1, 0.15) is 19.8 Å². The largest absolute Gasteiger partial charge is 0.487 e. The summed E-state index contributed by atoms with van der Waals surface area (Å²) in [6.45, 7) is 4.43. The van der Waals surface area contributed by atoms with Gasteiger partial charge in [0.15, 0.2) is 16.6 Å². The number of aliphatic hydroxyl groups is 1. The molecule has 100 valence electrons. The molecule has 0 amide bonds. The van der Waals surface area contributed by atoms with E-state index in [1.165, 1.54) is 11.5 Å². The lowest BCUT2D eigenvalue weighted by molar-refractivity contribution is 0.133. The van der Waals surface area contributed by atoms with E-state index in [-0.39, 0.29) is 6.10 Å². The van der Waals surface area contributed by atoms with Gasteiger partial charge >= 0.3 is 0 Å². The number of anilines is 2. The van der Waals surface area contributed by atoms with Crippen LogP contribution in [0.5, 0.6) is 5.75 Å². The summed E-state index contributed by atoms with van der Waals surface area (Å²) < 4.78 is 9.77. The Balaban J connectivity index is 1.80. The molecule has 0 bridgehead atoms. The fraction of sp³-hybridized carbons (Fsp3) is 0.750. The summed E-state index contributed by atoms with van der Waals surface area (Å²) in [5, 5.41) is 11.0. The summed E-state index contributed by atoms with van der Waals surface area (Å²) in [5.41, 5.74) is 5.84. The molecule has 1 aliphatic carbocycles. The maximum Gasteiger partial charge on any atom is 0.197 e. The van der Waals surface area contributed by atoms with Gasteiger partial charge in [0.25, 0.3) is 0 Å². The Labute approximate surface area is 111 Å². The SMILES string of the molecule is CCOc1c(N)nsc1N1CC2CCC(O)C2C1. The molecule has 1 saturated heterocycles.